The van der Waals surface area contributed by atoms with Gasteiger partial charge in [-0.25, -0.2) is 4.68 Å². The van der Waals surface area contributed by atoms with Gasteiger partial charge >= 0.3 is 12.8 Å². The lowest BCUT2D eigenvalue weighted by atomic mass is 10.1. The molecule has 1 amide bonds. The minimum atomic E-state index is -4.72. The third-order valence-electron chi connectivity index (χ3n) is 3.67. The van der Waals surface area contributed by atoms with Gasteiger partial charge < -0.3 is 10.1 Å². The van der Waals surface area contributed by atoms with E-state index in [0.717, 1.165) is 24.3 Å². The average Bonchev–Trinajstić information content (AvgIpc) is 3.16. The summed E-state index contributed by atoms with van der Waals surface area (Å²) in [6, 6.07) is 9.48. The highest BCUT2D eigenvalue weighted by molar-refractivity contribution is 6.04. The van der Waals surface area contributed by atoms with E-state index in [0.29, 0.717) is 0 Å². The van der Waals surface area contributed by atoms with Crippen LogP contribution in [0.5, 0.6) is 5.75 Å². The molecule has 1 N–H and O–H groups in total. The number of nitrogens with one attached hydrogen (secondary N) is 1. The summed E-state index contributed by atoms with van der Waals surface area (Å²) in [6.07, 6.45) is -1.82. The van der Waals surface area contributed by atoms with Crippen molar-refractivity contribution in [1.82, 2.24) is 9.78 Å². The first kappa shape index (κ1) is 19.3. The largest absolute Gasteiger partial charge is 0.435 e. The molecule has 0 radical (unpaired) electrons. The molecule has 0 spiro atoms. The molecule has 0 aliphatic carbocycles. The maximum absolute atomic E-state index is 13.4. The van der Waals surface area contributed by atoms with Crippen LogP contribution in [-0.2, 0) is 6.18 Å². The van der Waals surface area contributed by atoms with Crippen LogP contribution in [0, 0.1) is 0 Å². The van der Waals surface area contributed by atoms with E-state index in [2.05, 4.69) is 15.2 Å². The second-order valence-corrected chi connectivity index (χ2v) is 5.54. The number of aromatic nitrogens is 2. The number of hydrogen-bond acceptors (Lipinski definition) is 3. The van der Waals surface area contributed by atoms with E-state index >= 15 is 0 Å². The fourth-order valence-corrected chi connectivity index (χ4v) is 2.42. The summed E-state index contributed by atoms with van der Waals surface area (Å²) >= 11 is 0. The molecule has 0 saturated carbocycles. The van der Waals surface area contributed by atoms with Gasteiger partial charge in [-0.05, 0) is 48.5 Å². The molecule has 3 rings (SSSR count). The number of carbonyl (C=O) groups excluding carboxylic acids is 1. The molecule has 10 heteroatoms. The molecule has 146 valence electrons. The summed E-state index contributed by atoms with van der Waals surface area (Å²) in [4.78, 5) is 12.3. The van der Waals surface area contributed by atoms with Crippen LogP contribution < -0.4 is 10.1 Å². The van der Waals surface area contributed by atoms with Crippen molar-refractivity contribution in [2.45, 2.75) is 12.8 Å². The van der Waals surface area contributed by atoms with Gasteiger partial charge in [-0.3, -0.25) is 4.79 Å². The molecular weight excluding hydrogens is 385 g/mol. The number of alkyl halides is 5. The highest BCUT2D eigenvalue weighted by atomic mass is 19.4. The van der Waals surface area contributed by atoms with E-state index in [1.54, 1.807) is 6.07 Å². The molecule has 28 heavy (non-hydrogen) atoms. The highest BCUT2D eigenvalue weighted by Gasteiger charge is 2.34. The van der Waals surface area contributed by atoms with Gasteiger partial charge in [0.2, 0.25) is 0 Å². The Morgan fingerprint density at radius 1 is 1.11 bits per heavy atom. The van der Waals surface area contributed by atoms with Crippen molar-refractivity contribution in [2.75, 3.05) is 5.32 Å². The molecule has 3 aromatic rings. The predicted molar refractivity (Wildman–Crippen MR) is 89.6 cm³/mol. The molecule has 0 aliphatic rings. The van der Waals surface area contributed by atoms with Crippen LogP contribution in [-0.4, -0.2) is 22.3 Å². The molecule has 0 saturated heterocycles. The second kappa shape index (κ2) is 7.67. The fraction of sp³-hybridized carbons (Fsp3) is 0.111. The van der Waals surface area contributed by atoms with Crippen molar-refractivity contribution in [1.29, 1.82) is 0 Å². The molecule has 0 aliphatic heterocycles. The Labute approximate surface area is 155 Å². The van der Waals surface area contributed by atoms with E-state index in [1.807, 2.05) is 0 Å². The Balaban J connectivity index is 1.85. The van der Waals surface area contributed by atoms with Gasteiger partial charge in [0.05, 0.1) is 16.9 Å². The van der Waals surface area contributed by atoms with Crippen molar-refractivity contribution >= 4 is 11.6 Å². The molecule has 1 aromatic heterocycles. The maximum Gasteiger partial charge on any atom is 0.418 e. The van der Waals surface area contributed by atoms with Crippen LogP contribution in [0.25, 0.3) is 5.69 Å². The van der Waals surface area contributed by atoms with Gasteiger partial charge in [0.1, 0.15) is 5.75 Å². The topological polar surface area (TPSA) is 56.2 Å². The smallest absolute Gasteiger partial charge is 0.418 e. The lowest BCUT2D eigenvalue weighted by Gasteiger charge is -2.15. The summed E-state index contributed by atoms with van der Waals surface area (Å²) < 4.78 is 70.0. The Bertz CT molecular complexity index is 954. The van der Waals surface area contributed by atoms with Crippen LogP contribution in [0.2, 0.25) is 0 Å². The zero-order valence-electron chi connectivity index (χ0n) is 14.0. The zero-order chi connectivity index (χ0) is 20.3. The maximum atomic E-state index is 13.4. The van der Waals surface area contributed by atoms with Crippen molar-refractivity contribution in [2.24, 2.45) is 0 Å². The lowest BCUT2D eigenvalue weighted by molar-refractivity contribution is -0.136. The summed E-state index contributed by atoms with van der Waals surface area (Å²) in [5.74, 6) is -1.01. The van der Waals surface area contributed by atoms with E-state index in [4.69, 9.17) is 0 Å². The zero-order valence-corrected chi connectivity index (χ0v) is 14.0. The van der Waals surface area contributed by atoms with Crippen molar-refractivity contribution in [3.05, 3.63) is 72.1 Å². The summed E-state index contributed by atoms with van der Waals surface area (Å²) in [6.45, 7) is -3.03. The number of anilines is 1. The second-order valence-electron chi connectivity index (χ2n) is 5.54. The Kier molecular flexibility index (Phi) is 5.30. The molecule has 5 nitrogen and oxygen atoms in total. The SMILES string of the molecule is O=C(Nc1ccc(-n2cccn2)cc1C(F)(F)F)c1ccc(OC(F)F)cc1. The number of rotatable bonds is 5. The minimum absolute atomic E-state index is 0.0223. The van der Waals surface area contributed by atoms with Crippen LogP contribution >= 0.6 is 0 Å². The van der Waals surface area contributed by atoms with Crippen molar-refractivity contribution in [3.63, 3.8) is 0 Å². The Hall–Kier alpha value is -3.43. The predicted octanol–water partition coefficient (Wildman–Crippen LogP) is 4.74. The van der Waals surface area contributed by atoms with Gasteiger partial charge in [-0.2, -0.15) is 27.1 Å². The van der Waals surface area contributed by atoms with Crippen LogP contribution in [0.3, 0.4) is 0 Å². The number of nitrogens with zero attached hydrogens (tertiary/aromatic N) is 2. The van der Waals surface area contributed by atoms with Gasteiger partial charge in [0.15, 0.2) is 0 Å². The molecule has 0 fully saturated rings. The van der Waals surface area contributed by atoms with Gasteiger partial charge in [-0.15, -0.1) is 0 Å². The summed E-state index contributed by atoms with van der Waals surface area (Å²) in [7, 11) is 0. The van der Waals surface area contributed by atoms with E-state index in [1.165, 1.54) is 35.3 Å². The van der Waals surface area contributed by atoms with Gasteiger partial charge in [-0.1, -0.05) is 0 Å². The number of ether oxygens (including phenoxy) is 1. The molecule has 1 heterocycles. The van der Waals surface area contributed by atoms with Gasteiger partial charge in [0, 0.05) is 18.0 Å². The van der Waals surface area contributed by atoms with Crippen molar-refractivity contribution in [3.8, 4) is 11.4 Å². The quantitative estimate of drug-likeness (QED) is 0.633. The number of hydrogen-bond donors (Lipinski definition) is 1. The summed E-state index contributed by atoms with van der Waals surface area (Å²) in [5, 5.41) is 6.06. The molecule has 0 bridgehead atoms. The van der Waals surface area contributed by atoms with Crippen LogP contribution in [0.1, 0.15) is 15.9 Å². The number of carbonyl (C=O) groups is 1. The number of benzene rings is 2. The lowest BCUT2D eigenvalue weighted by Crippen LogP contribution is -2.17. The molecule has 0 unspecified atom stereocenters. The minimum Gasteiger partial charge on any atom is -0.435 e. The molecule has 2 aromatic carbocycles. The number of halogens is 5. The van der Waals surface area contributed by atoms with E-state index in [9.17, 15) is 26.7 Å². The first-order valence-corrected chi connectivity index (χ1v) is 7.81. The monoisotopic (exact) mass is 397 g/mol. The Morgan fingerprint density at radius 2 is 1.82 bits per heavy atom. The average molecular weight is 397 g/mol. The Morgan fingerprint density at radius 3 is 2.39 bits per heavy atom. The van der Waals surface area contributed by atoms with Crippen LogP contribution in [0.4, 0.5) is 27.6 Å². The normalized spacial score (nSPS) is 11.5. The first-order chi connectivity index (χ1) is 13.2. The van der Waals surface area contributed by atoms with E-state index < -0.39 is 29.9 Å². The fourth-order valence-electron chi connectivity index (χ4n) is 2.42. The molecular formula is C18H12F5N3O2. The summed E-state index contributed by atoms with van der Waals surface area (Å²) in [5.41, 5.74) is -1.34. The van der Waals surface area contributed by atoms with Crippen LogP contribution in [0.15, 0.2) is 60.9 Å². The number of amides is 1. The standard InChI is InChI=1S/C18H12F5N3O2/c19-17(20)28-13-5-2-11(3-6-13)16(27)25-15-7-4-12(26-9-1-8-24-26)10-14(15)18(21,22)23/h1-10,17H,(H,25,27). The van der Waals surface area contributed by atoms with E-state index in [-0.39, 0.29) is 17.0 Å². The van der Waals surface area contributed by atoms with Crippen molar-refractivity contribution < 1.29 is 31.5 Å². The molecule has 0 atom stereocenters. The highest BCUT2D eigenvalue weighted by Crippen LogP contribution is 2.36. The van der Waals surface area contributed by atoms with Gasteiger partial charge in [0.25, 0.3) is 5.91 Å². The third kappa shape index (κ3) is 4.45. The first-order valence-electron chi connectivity index (χ1n) is 7.81. The third-order valence-corrected chi connectivity index (χ3v) is 3.67.